The van der Waals surface area contributed by atoms with Gasteiger partial charge in [-0.05, 0) is 6.42 Å². The fourth-order valence-electron chi connectivity index (χ4n) is 0.448. The molecule has 0 N–H and O–H groups in total. The normalized spacial score (nSPS) is 21.7. The van der Waals surface area contributed by atoms with Crippen molar-refractivity contribution in [2.75, 3.05) is 13.2 Å². The molecule has 1 aliphatic rings. The molecule has 0 aliphatic carbocycles. The molecule has 2 nitrogen and oxygen atoms in total. The van der Waals surface area contributed by atoms with Gasteiger partial charge in [0.15, 0.2) is 0 Å². The monoisotopic (exact) mass is 100 g/mol. The summed E-state index contributed by atoms with van der Waals surface area (Å²) in [6.45, 7) is 1.29. The summed E-state index contributed by atoms with van der Waals surface area (Å²) in [5.74, 6) is 0. The zero-order valence-electron chi connectivity index (χ0n) is 4.09. The number of hydrogen-bond donors (Lipinski definition) is 0. The van der Waals surface area contributed by atoms with Gasteiger partial charge in [-0.15, -0.1) is 0 Å². The first-order chi connectivity index (χ1) is 3.50. The van der Waals surface area contributed by atoms with Gasteiger partial charge in [-0.25, -0.2) is 9.78 Å². The molecule has 40 valence electrons. The maximum atomic E-state index is 4.63. The molecule has 2 heteroatoms. The van der Waals surface area contributed by atoms with Crippen LogP contribution in [-0.4, -0.2) is 13.2 Å². The highest BCUT2D eigenvalue weighted by molar-refractivity contribution is 4.81. The Balaban J connectivity index is 2.20. The third-order valence-corrected chi connectivity index (χ3v) is 0.782. The maximum absolute atomic E-state index is 4.63. The lowest BCUT2D eigenvalue weighted by Crippen LogP contribution is -1.90. The number of hydrogen-bond acceptors (Lipinski definition) is 2. The van der Waals surface area contributed by atoms with Crippen molar-refractivity contribution < 1.29 is 9.78 Å². The summed E-state index contributed by atoms with van der Waals surface area (Å²) >= 11 is 0. The Morgan fingerprint density at radius 2 is 2.14 bits per heavy atom. The van der Waals surface area contributed by atoms with Crippen LogP contribution in [0.5, 0.6) is 0 Å². The Morgan fingerprint density at radius 1 is 1.14 bits per heavy atom. The molecule has 1 heterocycles. The SMILES string of the molecule is C1=CCOOCC1. The van der Waals surface area contributed by atoms with E-state index in [1.807, 2.05) is 12.2 Å². The fraction of sp³-hybridized carbons (Fsp3) is 0.600. The van der Waals surface area contributed by atoms with Crippen LogP contribution in [0, 0.1) is 0 Å². The first kappa shape index (κ1) is 4.81. The minimum Gasteiger partial charge on any atom is -0.236 e. The van der Waals surface area contributed by atoms with E-state index in [1.54, 1.807) is 0 Å². The van der Waals surface area contributed by atoms with E-state index < -0.39 is 0 Å². The van der Waals surface area contributed by atoms with Crippen LogP contribution < -0.4 is 0 Å². The quantitative estimate of drug-likeness (QED) is 0.332. The van der Waals surface area contributed by atoms with Gasteiger partial charge in [-0.2, -0.15) is 0 Å². The van der Waals surface area contributed by atoms with Gasteiger partial charge in [0.1, 0.15) is 6.61 Å². The second kappa shape index (κ2) is 2.77. The summed E-state index contributed by atoms with van der Waals surface area (Å²) < 4.78 is 0. The molecule has 0 bridgehead atoms. The van der Waals surface area contributed by atoms with E-state index >= 15 is 0 Å². The minimum absolute atomic E-state index is 0.597. The maximum Gasteiger partial charge on any atom is 0.100 e. The highest BCUT2D eigenvalue weighted by atomic mass is 17.2. The van der Waals surface area contributed by atoms with Crippen LogP contribution in [-0.2, 0) is 9.78 Å². The molecule has 0 radical (unpaired) electrons. The summed E-state index contributed by atoms with van der Waals surface area (Å²) in [6.07, 6.45) is 4.97. The Bertz CT molecular complexity index is 60.5. The van der Waals surface area contributed by atoms with Gasteiger partial charge in [-0.3, -0.25) is 0 Å². The van der Waals surface area contributed by atoms with E-state index in [0.717, 1.165) is 6.42 Å². The first-order valence-corrected chi connectivity index (χ1v) is 2.39. The van der Waals surface area contributed by atoms with Crippen molar-refractivity contribution in [3.8, 4) is 0 Å². The second-order valence-electron chi connectivity index (χ2n) is 1.37. The Kier molecular flexibility index (Phi) is 1.90. The molecule has 0 aromatic heterocycles. The van der Waals surface area contributed by atoms with Crippen LogP contribution in [0.3, 0.4) is 0 Å². The van der Waals surface area contributed by atoms with E-state index in [9.17, 15) is 0 Å². The van der Waals surface area contributed by atoms with E-state index in [2.05, 4.69) is 9.78 Å². The van der Waals surface area contributed by atoms with Crippen molar-refractivity contribution in [2.45, 2.75) is 6.42 Å². The van der Waals surface area contributed by atoms with Crippen molar-refractivity contribution in [3.63, 3.8) is 0 Å². The standard InChI is InChI=1S/C5H8O2/c1-2-4-6-7-5-3-1/h1-2H,3-5H2. The van der Waals surface area contributed by atoms with E-state index in [4.69, 9.17) is 0 Å². The largest absolute Gasteiger partial charge is 0.236 e. The zero-order chi connectivity index (χ0) is 4.95. The molecular weight excluding hydrogens is 92.1 g/mol. The molecule has 0 atom stereocenters. The molecule has 0 amide bonds. The summed E-state index contributed by atoms with van der Waals surface area (Å²) in [7, 11) is 0. The van der Waals surface area contributed by atoms with E-state index in [0.29, 0.717) is 13.2 Å². The van der Waals surface area contributed by atoms with Crippen molar-refractivity contribution in [1.82, 2.24) is 0 Å². The van der Waals surface area contributed by atoms with Gasteiger partial charge in [0.2, 0.25) is 0 Å². The average molecular weight is 100 g/mol. The molecule has 7 heavy (non-hydrogen) atoms. The molecule has 0 aromatic carbocycles. The summed E-state index contributed by atoms with van der Waals surface area (Å²) in [4.78, 5) is 9.24. The van der Waals surface area contributed by atoms with Crippen LogP contribution in [0.4, 0.5) is 0 Å². The molecule has 0 saturated heterocycles. The van der Waals surface area contributed by atoms with Crippen molar-refractivity contribution in [3.05, 3.63) is 12.2 Å². The lowest BCUT2D eigenvalue weighted by molar-refractivity contribution is -0.282. The third kappa shape index (κ3) is 1.71. The number of rotatable bonds is 0. The minimum atomic E-state index is 0.597. The molecule has 0 unspecified atom stereocenters. The van der Waals surface area contributed by atoms with Crippen LogP contribution in [0.15, 0.2) is 12.2 Å². The first-order valence-electron chi connectivity index (χ1n) is 2.39. The average Bonchev–Trinajstić information content (AvgIpc) is 1.90. The molecular formula is C5H8O2. The second-order valence-corrected chi connectivity index (χ2v) is 1.37. The van der Waals surface area contributed by atoms with Gasteiger partial charge in [-0.1, -0.05) is 12.2 Å². The van der Waals surface area contributed by atoms with Crippen molar-refractivity contribution in [2.24, 2.45) is 0 Å². The van der Waals surface area contributed by atoms with Crippen molar-refractivity contribution >= 4 is 0 Å². The summed E-state index contributed by atoms with van der Waals surface area (Å²) in [5, 5.41) is 0. The lowest BCUT2D eigenvalue weighted by atomic mass is 10.4. The molecule has 1 rings (SSSR count). The molecule has 0 aromatic rings. The smallest absolute Gasteiger partial charge is 0.100 e. The third-order valence-electron chi connectivity index (χ3n) is 0.782. The Labute approximate surface area is 42.7 Å². The van der Waals surface area contributed by atoms with Crippen LogP contribution in [0.1, 0.15) is 6.42 Å². The summed E-state index contributed by atoms with van der Waals surface area (Å²) in [6, 6.07) is 0. The predicted octanol–water partition coefficient (Wildman–Crippen LogP) is 0.894. The Morgan fingerprint density at radius 3 is 3.14 bits per heavy atom. The zero-order valence-corrected chi connectivity index (χ0v) is 4.09. The predicted molar refractivity (Wildman–Crippen MR) is 25.7 cm³/mol. The highest BCUT2D eigenvalue weighted by Crippen LogP contribution is 1.91. The van der Waals surface area contributed by atoms with E-state index in [1.165, 1.54) is 0 Å². The molecule has 0 saturated carbocycles. The topological polar surface area (TPSA) is 18.5 Å². The molecule has 1 aliphatic heterocycles. The van der Waals surface area contributed by atoms with E-state index in [-0.39, 0.29) is 0 Å². The lowest BCUT2D eigenvalue weighted by Gasteiger charge is -1.92. The van der Waals surface area contributed by atoms with Crippen LogP contribution in [0.25, 0.3) is 0 Å². The highest BCUT2D eigenvalue weighted by Gasteiger charge is 1.88. The van der Waals surface area contributed by atoms with Gasteiger partial charge in [0.25, 0.3) is 0 Å². The van der Waals surface area contributed by atoms with Crippen LogP contribution >= 0.6 is 0 Å². The van der Waals surface area contributed by atoms with Gasteiger partial charge < -0.3 is 0 Å². The summed E-state index contributed by atoms with van der Waals surface area (Å²) in [5.41, 5.74) is 0. The fourth-order valence-corrected chi connectivity index (χ4v) is 0.448. The molecule has 0 fully saturated rings. The van der Waals surface area contributed by atoms with Gasteiger partial charge in [0, 0.05) is 0 Å². The van der Waals surface area contributed by atoms with Crippen LogP contribution in [0.2, 0.25) is 0 Å². The molecule has 0 spiro atoms. The Hall–Kier alpha value is -0.340. The van der Waals surface area contributed by atoms with Gasteiger partial charge in [0.05, 0.1) is 6.61 Å². The van der Waals surface area contributed by atoms with Crippen molar-refractivity contribution in [1.29, 1.82) is 0 Å². The van der Waals surface area contributed by atoms with Gasteiger partial charge >= 0.3 is 0 Å².